The summed E-state index contributed by atoms with van der Waals surface area (Å²) in [5.74, 6) is -0.0322. The van der Waals surface area contributed by atoms with Crippen LogP contribution in [0, 0.1) is 10.1 Å². The second-order valence-electron chi connectivity index (χ2n) is 4.54. The number of nitro groups is 1. The molecule has 114 valence electrons. The van der Waals surface area contributed by atoms with Crippen molar-refractivity contribution >= 4 is 11.6 Å². The quantitative estimate of drug-likeness (QED) is 0.615. The van der Waals surface area contributed by atoms with E-state index in [2.05, 4.69) is 0 Å². The standard InChI is InChI=1S/C13H16N2O6/c16-7-11-8-20-5-4-14(11)13(17)9-21-12-3-1-2-10(6-12)15(18)19/h1-3,6,11,16H,4-5,7-9H2. The number of aliphatic hydroxyl groups is 1. The van der Waals surface area contributed by atoms with E-state index in [0.717, 1.165) is 0 Å². The van der Waals surface area contributed by atoms with Crippen molar-refractivity contribution in [2.75, 3.05) is 33.0 Å². The maximum atomic E-state index is 12.1. The lowest BCUT2D eigenvalue weighted by atomic mass is 10.2. The van der Waals surface area contributed by atoms with E-state index in [4.69, 9.17) is 9.47 Å². The van der Waals surface area contributed by atoms with E-state index in [1.165, 1.54) is 23.1 Å². The van der Waals surface area contributed by atoms with Gasteiger partial charge >= 0.3 is 0 Å². The third kappa shape index (κ3) is 3.89. The van der Waals surface area contributed by atoms with Gasteiger partial charge < -0.3 is 19.5 Å². The number of amides is 1. The number of morpholine rings is 1. The molecule has 1 unspecified atom stereocenters. The van der Waals surface area contributed by atoms with Gasteiger partial charge in [0, 0.05) is 12.6 Å². The molecule has 0 aliphatic carbocycles. The molecule has 0 bridgehead atoms. The number of carbonyl (C=O) groups excluding carboxylic acids is 1. The molecule has 0 radical (unpaired) electrons. The number of nitro benzene ring substituents is 1. The van der Waals surface area contributed by atoms with Gasteiger partial charge in [0.05, 0.1) is 36.9 Å². The first kappa shape index (κ1) is 15.2. The van der Waals surface area contributed by atoms with Gasteiger partial charge in [-0.25, -0.2) is 0 Å². The van der Waals surface area contributed by atoms with E-state index in [0.29, 0.717) is 19.8 Å². The number of benzene rings is 1. The van der Waals surface area contributed by atoms with Gasteiger partial charge in [-0.05, 0) is 6.07 Å². The maximum absolute atomic E-state index is 12.1. The van der Waals surface area contributed by atoms with Crippen molar-refractivity contribution in [2.45, 2.75) is 6.04 Å². The maximum Gasteiger partial charge on any atom is 0.273 e. The van der Waals surface area contributed by atoms with Crippen molar-refractivity contribution in [1.29, 1.82) is 0 Å². The van der Waals surface area contributed by atoms with Crippen LogP contribution in [0.3, 0.4) is 0 Å². The average molecular weight is 296 g/mol. The van der Waals surface area contributed by atoms with Gasteiger partial charge in [-0.15, -0.1) is 0 Å². The molecular formula is C13H16N2O6. The molecule has 1 fully saturated rings. The summed E-state index contributed by atoms with van der Waals surface area (Å²) in [4.78, 5) is 23.7. The lowest BCUT2D eigenvalue weighted by Gasteiger charge is -2.34. The zero-order valence-electron chi connectivity index (χ0n) is 11.3. The molecule has 1 aliphatic rings. The Hall–Kier alpha value is -2.19. The lowest BCUT2D eigenvalue weighted by Crippen LogP contribution is -2.51. The Morgan fingerprint density at radius 2 is 2.38 bits per heavy atom. The van der Waals surface area contributed by atoms with Crippen LogP contribution < -0.4 is 4.74 Å². The summed E-state index contributed by atoms with van der Waals surface area (Å²) in [6.07, 6.45) is 0. The van der Waals surface area contributed by atoms with Gasteiger partial charge in [0.15, 0.2) is 6.61 Å². The molecule has 0 aromatic heterocycles. The van der Waals surface area contributed by atoms with Crippen molar-refractivity contribution in [1.82, 2.24) is 4.90 Å². The van der Waals surface area contributed by atoms with Crippen LogP contribution in [0.15, 0.2) is 24.3 Å². The van der Waals surface area contributed by atoms with Crippen LogP contribution in [-0.4, -0.2) is 59.9 Å². The monoisotopic (exact) mass is 296 g/mol. The van der Waals surface area contributed by atoms with Gasteiger partial charge in [-0.3, -0.25) is 14.9 Å². The lowest BCUT2D eigenvalue weighted by molar-refractivity contribution is -0.384. The Bertz CT molecular complexity index is 521. The van der Waals surface area contributed by atoms with Crippen molar-refractivity contribution in [3.8, 4) is 5.75 Å². The molecule has 1 saturated heterocycles. The Balaban J connectivity index is 1.94. The summed E-state index contributed by atoms with van der Waals surface area (Å²) >= 11 is 0. The van der Waals surface area contributed by atoms with Gasteiger partial charge in [0.1, 0.15) is 5.75 Å². The fraction of sp³-hybridized carbons (Fsp3) is 0.462. The molecule has 8 heteroatoms. The predicted molar refractivity (Wildman–Crippen MR) is 72.0 cm³/mol. The molecule has 1 atom stereocenters. The highest BCUT2D eigenvalue weighted by molar-refractivity contribution is 5.78. The number of hydrogen-bond acceptors (Lipinski definition) is 6. The van der Waals surface area contributed by atoms with E-state index in [9.17, 15) is 20.0 Å². The van der Waals surface area contributed by atoms with Crippen molar-refractivity contribution in [3.63, 3.8) is 0 Å². The highest BCUT2D eigenvalue weighted by Gasteiger charge is 2.26. The van der Waals surface area contributed by atoms with Crippen molar-refractivity contribution in [2.24, 2.45) is 0 Å². The first-order valence-electron chi connectivity index (χ1n) is 6.47. The van der Waals surface area contributed by atoms with Gasteiger partial charge in [0.25, 0.3) is 11.6 Å². The van der Waals surface area contributed by atoms with Crippen molar-refractivity contribution in [3.05, 3.63) is 34.4 Å². The van der Waals surface area contributed by atoms with E-state index < -0.39 is 4.92 Å². The molecular weight excluding hydrogens is 280 g/mol. The molecule has 1 N–H and O–H groups in total. The van der Waals surface area contributed by atoms with Crippen LogP contribution in [0.1, 0.15) is 0 Å². The Morgan fingerprint density at radius 3 is 3.10 bits per heavy atom. The predicted octanol–water partition coefficient (Wildman–Crippen LogP) is 0.193. The highest BCUT2D eigenvalue weighted by Crippen LogP contribution is 2.19. The Morgan fingerprint density at radius 1 is 1.57 bits per heavy atom. The summed E-state index contributed by atoms with van der Waals surface area (Å²) in [5.41, 5.74) is -0.0976. The molecule has 1 aliphatic heterocycles. The smallest absolute Gasteiger partial charge is 0.273 e. The molecule has 2 rings (SSSR count). The normalized spacial score (nSPS) is 18.3. The van der Waals surface area contributed by atoms with E-state index in [1.807, 2.05) is 0 Å². The molecule has 1 amide bonds. The summed E-state index contributed by atoms with van der Waals surface area (Å²) in [6, 6.07) is 5.26. The number of rotatable bonds is 5. The van der Waals surface area contributed by atoms with Crippen LogP contribution in [0.25, 0.3) is 0 Å². The molecule has 0 spiro atoms. The summed E-state index contributed by atoms with van der Waals surface area (Å²) in [7, 11) is 0. The number of ether oxygens (including phenoxy) is 2. The minimum absolute atomic E-state index is 0.0976. The van der Waals surface area contributed by atoms with E-state index in [-0.39, 0.29) is 36.6 Å². The SMILES string of the molecule is O=C(COc1cccc([N+](=O)[O-])c1)N1CCOCC1CO. The van der Waals surface area contributed by atoms with E-state index in [1.54, 1.807) is 6.07 Å². The largest absolute Gasteiger partial charge is 0.484 e. The van der Waals surface area contributed by atoms with Crippen LogP contribution in [0.4, 0.5) is 5.69 Å². The van der Waals surface area contributed by atoms with Gasteiger partial charge in [0.2, 0.25) is 0 Å². The number of non-ortho nitro benzene ring substituents is 1. The number of carbonyl (C=O) groups is 1. The van der Waals surface area contributed by atoms with E-state index >= 15 is 0 Å². The number of aliphatic hydroxyl groups excluding tert-OH is 1. The summed E-state index contributed by atoms with van der Waals surface area (Å²) in [6.45, 7) is 0.681. The number of hydrogen-bond donors (Lipinski definition) is 1. The first-order chi connectivity index (χ1) is 10.1. The Kier molecular flexibility index (Phi) is 5.07. The molecule has 0 saturated carbocycles. The fourth-order valence-corrected chi connectivity index (χ4v) is 2.05. The number of nitrogens with zero attached hydrogens (tertiary/aromatic N) is 2. The third-order valence-electron chi connectivity index (χ3n) is 3.15. The third-order valence-corrected chi connectivity index (χ3v) is 3.15. The zero-order valence-corrected chi connectivity index (χ0v) is 11.3. The van der Waals surface area contributed by atoms with Gasteiger partial charge in [-0.1, -0.05) is 6.07 Å². The first-order valence-corrected chi connectivity index (χ1v) is 6.47. The molecule has 1 heterocycles. The minimum Gasteiger partial charge on any atom is -0.484 e. The zero-order chi connectivity index (χ0) is 15.2. The second-order valence-corrected chi connectivity index (χ2v) is 4.54. The Labute approximate surface area is 121 Å². The molecule has 8 nitrogen and oxygen atoms in total. The van der Waals surface area contributed by atoms with Crippen LogP contribution in [0.2, 0.25) is 0 Å². The molecule has 21 heavy (non-hydrogen) atoms. The fourth-order valence-electron chi connectivity index (χ4n) is 2.05. The molecule has 1 aromatic carbocycles. The van der Waals surface area contributed by atoms with Crippen LogP contribution in [0.5, 0.6) is 5.75 Å². The molecule has 1 aromatic rings. The second kappa shape index (κ2) is 7.00. The average Bonchev–Trinajstić information content (AvgIpc) is 2.52. The topological polar surface area (TPSA) is 102 Å². The van der Waals surface area contributed by atoms with Gasteiger partial charge in [-0.2, -0.15) is 0 Å². The van der Waals surface area contributed by atoms with Crippen LogP contribution in [-0.2, 0) is 9.53 Å². The summed E-state index contributed by atoms with van der Waals surface area (Å²) < 4.78 is 10.5. The minimum atomic E-state index is -0.529. The highest BCUT2D eigenvalue weighted by atomic mass is 16.6. The van der Waals surface area contributed by atoms with Crippen LogP contribution >= 0.6 is 0 Å². The van der Waals surface area contributed by atoms with Crippen molar-refractivity contribution < 1.29 is 24.3 Å². The summed E-state index contributed by atoms with van der Waals surface area (Å²) in [5, 5.41) is 19.9.